The van der Waals surface area contributed by atoms with Crippen LogP contribution >= 0.6 is 15.9 Å². The van der Waals surface area contributed by atoms with Gasteiger partial charge in [0.15, 0.2) is 0 Å². The largest absolute Gasteiger partial charge is 0.492 e. The summed E-state index contributed by atoms with van der Waals surface area (Å²) in [5, 5.41) is 5.65. The van der Waals surface area contributed by atoms with E-state index < -0.39 is 35.4 Å². The molecule has 10 heteroatoms. The van der Waals surface area contributed by atoms with Crippen molar-refractivity contribution in [2.45, 2.75) is 31.5 Å². The molecule has 2 saturated carbocycles. The van der Waals surface area contributed by atoms with Crippen molar-refractivity contribution in [3.63, 3.8) is 0 Å². The maximum absolute atomic E-state index is 13.9. The molecule has 0 saturated heterocycles. The molecule has 2 N–H and O–H groups in total. The molecular formula is C31H25BrF4N2O3. The van der Waals surface area contributed by atoms with Crippen LogP contribution in [0.3, 0.4) is 0 Å². The van der Waals surface area contributed by atoms with Crippen molar-refractivity contribution in [3.8, 4) is 5.75 Å². The highest BCUT2D eigenvalue weighted by molar-refractivity contribution is 9.10. The third kappa shape index (κ3) is 5.25. The lowest BCUT2D eigenvalue weighted by atomic mass is 9.83. The minimum Gasteiger partial charge on any atom is -0.492 e. The van der Waals surface area contributed by atoms with Gasteiger partial charge < -0.3 is 15.4 Å². The number of carbonyl (C=O) groups is 2. The molecule has 5 nitrogen and oxygen atoms in total. The molecular weight excluding hydrogens is 604 g/mol. The van der Waals surface area contributed by atoms with Gasteiger partial charge in [0.05, 0.1) is 23.7 Å². The van der Waals surface area contributed by atoms with Crippen LogP contribution in [0.5, 0.6) is 5.75 Å². The van der Waals surface area contributed by atoms with Crippen molar-refractivity contribution in [2.24, 2.45) is 17.8 Å². The average molecular weight is 629 g/mol. The van der Waals surface area contributed by atoms with Crippen molar-refractivity contribution in [3.05, 3.63) is 98.8 Å². The molecule has 1 aliphatic heterocycles. The van der Waals surface area contributed by atoms with Crippen LogP contribution in [0.25, 0.3) is 6.08 Å². The average Bonchev–Trinajstić information content (AvgIpc) is 3.63. The van der Waals surface area contributed by atoms with Crippen LogP contribution in [0.15, 0.2) is 70.7 Å². The molecule has 1 heterocycles. The smallest absolute Gasteiger partial charge is 0.419 e. The fourth-order valence-corrected chi connectivity index (χ4v) is 6.95. The topological polar surface area (TPSA) is 67.4 Å². The van der Waals surface area contributed by atoms with Gasteiger partial charge in [0.25, 0.3) is 5.91 Å². The zero-order valence-electron chi connectivity index (χ0n) is 21.6. The number of rotatable bonds is 5. The first-order chi connectivity index (χ1) is 19.6. The van der Waals surface area contributed by atoms with E-state index in [2.05, 4.69) is 26.6 Å². The van der Waals surface area contributed by atoms with E-state index >= 15 is 0 Å². The number of nitrogens with one attached hydrogen (secondary N) is 2. The van der Waals surface area contributed by atoms with Gasteiger partial charge in [0.1, 0.15) is 11.6 Å². The number of hydrogen-bond donors (Lipinski definition) is 2. The Bertz CT molecular complexity index is 1560. The number of hydrogen-bond acceptors (Lipinski definition) is 3. The molecule has 3 aromatic carbocycles. The number of fused-ring (bicyclic) bond motifs is 3. The van der Waals surface area contributed by atoms with Crippen LogP contribution in [0.2, 0.25) is 0 Å². The van der Waals surface area contributed by atoms with Gasteiger partial charge in [-0.1, -0.05) is 57.9 Å². The third-order valence-electron chi connectivity index (χ3n) is 8.16. The third-order valence-corrected chi connectivity index (χ3v) is 8.62. The van der Waals surface area contributed by atoms with Crippen LogP contribution in [0.1, 0.15) is 39.9 Å². The van der Waals surface area contributed by atoms with Crippen LogP contribution < -0.4 is 15.4 Å². The lowest BCUT2D eigenvalue weighted by Crippen LogP contribution is -2.48. The van der Waals surface area contributed by atoms with E-state index in [1.807, 2.05) is 42.5 Å². The molecule has 0 radical (unpaired) electrons. The highest BCUT2D eigenvalue weighted by Crippen LogP contribution is 2.53. The fourth-order valence-electron chi connectivity index (χ4n) is 6.45. The second kappa shape index (κ2) is 10.6. The molecule has 2 amide bonds. The van der Waals surface area contributed by atoms with Gasteiger partial charge in [-0.25, -0.2) is 4.39 Å². The van der Waals surface area contributed by atoms with Crippen LogP contribution in [-0.2, 0) is 17.4 Å². The Balaban J connectivity index is 1.34. The summed E-state index contributed by atoms with van der Waals surface area (Å²) in [5.74, 6) is -2.93. The molecule has 3 aliphatic rings. The molecule has 2 aliphatic carbocycles. The molecule has 0 spiro atoms. The minimum atomic E-state index is -4.91. The van der Waals surface area contributed by atoms with E-state index in [1.54, 1.807) is 6.07 Å². The summed E-state index contributed by atoms with van der Waals surface area (Å²) in [6.45, 7) is 0.465. The van der Waals surface area contributed by atoms with Crippen LogP contribution in [-0.4, -0.2) is 24.5 Å². The van der Waals surface area contributed by atoms with Crippen molar-refractivity contribution in [2.75, 3.05) is 11.9 Å². The predicted molar refractivity (Wildman–Crippen MR) is 149 cm³/mol. The summed E-state index contributed by atoms with van der Waals surface area (Å²) in [6, 6.07) is 15.0. The monoisotopic (exact) mass is 628 g/mol. The molecule has 3 aromatic rings. The normalized spacial score (nSPS) is 23.8. The second-order valence-electron chi connectivity index (χ2n) is 10.6. The Morgan fingerprint density at radius 1 is 1.00 bits per heavy atom. The fraction of sp³-hybridized carbons (Fsp3) is 0.290. The minimum absolute atomic E-state index is 0.139. The van der Waals surface area contributed by atoms with Gasteiger partial charge in [0, 0.05) is 28.5 Å². The molecule has 2 fully saturated rings. The van der Waals surface area contributed by atoms with Gasteiger partial charge in [-0.15, -0.1) is 0 Å². The van der Waals surface area contributed by atoms with Gasteiger partial charge in [-0.3, -0.25) is 9.59 Å². The maximum atomic E-state index is 13.9. The van der Waals surface area contributed by atoms with E-state index in [0.717, 1.165) is 33.7 Å². The molecule has 4 atom stereocenters. The second-order valence-corrected chi connectivity index (χ2v) is 11.5. The van der Waals surface area contributed by atoms with E-state index in [1.165, 1.54) is 0 Å². The zero-order valence-corrected chi connectivity index (χ0v) is 23.2. The predicted octanol–water partition coefficient (Wildman–Crippen LogP) is 7.02. The van der Waals surface area contributed by atoms with E-state index in [4.69, 9.17) is 4.74 Å². The van der Waals surface area contributed by atoms with E-state index in [9.17, 15) is 27.2 Å². The number of amides is 2. The molecule has 2 unspecified atom stereocenters. The Hall–Kier alpha value is -3.66. The lowest BCUT2D eigenvalue weighted by Gasteiger charge is -2.30. The summed E-state index contributed by atoms with van der Waals surface area (Å²) in [7, 11) is 0. The highest BCUT2D eigenvalue weighted by atomic mass is 79.9. The van der Waals surface area contributed by atoms with Gasteiger partial charge in [-0.2, -0.15) is 13.2 Å². The van der Waals surface area contributed by atoms with Gasteiger partial charge in [0.2, 0.25) is 5.91 Å². The first-order valence-electron chi connectivity index (χ1n) is 13.3. The van der Waals surface area contributed by atoms with Crippen LogP contribution in [0, 0.1) is 23.6 Å². The quantitative estimate of drug-likeness (QED) is 0.299. The number of anilines is 1. The SMILES string of the molecule is O=C(N[C@@H]1C2CCC(/C2=C/c2ccccc2)[C@@H]1C(=O)Nc1ccc(F)c(C(F)(F)F)c1)c1cc(Br)cc2c1OCC2. The van der Waals surface area contributed by atoms with Crippen molar-refractivity contribution < 1.29 is 31.9 Å². The van der Waals surface area contributed by atoms with Crippen molar-refractivity contribution in [1.82, 2.24) is 5.32 Å². The molecule has 6 rings (SSSR count). The number of ether oxygens (including phenoxy) is 1. The first kappa shape index (κ1) is 27.5. The maximum Gasteiger partial charge on any atom is 0.419 e. The molecule has 212 valence electrons. The molecule has 41 heavy (non-hydrogen) atoms. The molecule has 0 aromatic heterocycles. The van der Waals surface area contributed by atoms with Crippen molar-refractivity contribution in [1.29, 1.82) is 0 Å². The van der Waals surface area contributed by atoms with E-state index in [-0.39, 0.29) is 23.4 Å². The number of carbonyl (C=O) groups excluding carboxylic acids is 2. The van der Waals surface area contributed by atoms with E-state index in [0.29, 0.717) is 42.9 Å². The summed E-state index contributed by atoms with van der Waals surface area (Å²) < 4.78 is 60.3. The summed E-state index contributed by atoms with van der Waals surface area (Å²) in [6.07, 6.45) is -0.754. The Kier molecular flexibility index (Phi) is 7.13. The Morgan fingerprint density at radius 2 is 1.76 bits per heavy atom. The molecule has 2 bridgehead atoms. The zero-order chi connectivity index (χ0) is 28.9. The number of alkyl halides is 3. The summed E-state index contributed by atoms with van der Waals surface area (Å²) in [4.78, 5) is 27.4. The lowest BCUT2D eigenvalue weighted by molar-refractivity contribution is -0.140. The van der Waals surface area contributed by atoms with Gasteiger partial charge in [-0.05, 0) is 60.2 Å². The summed E-state index contributed by atoms with van der Waals surface area (Å²) >= 11 is 3.46. The number of halogens is 5. The van der Waals surface area contributed by atoms with Crippen molar-refractivity contribution >= 4 is 39.5 Å². The van der Waals surface area contributed by atoms with Gasteiger partial charge >= 0.3 is 6.18 Å². The Labute approximate surface area is 242 Å². The first-order valence-corrected chi connectivity index (χ1v) is 14.1. The summed E-state index contributed by atoms with van der Waals surface area (Å²) in [5.41, 5.74) is 1.62. The number of benzene rings is 3. The highest BCUT2D eigenvalue weighted by Gasteiger charge is 2.54. The standard InChI is InChI=1S/C31H25BrF4N2O3/c32-18-13-17-10-11-41-28(17)23(14-18)29(39)38-27-21-8-7-20(22(21)12-16-4-2-1-3-5-16)26(27)30(40)37-19-6-9-25(33)24(15-19)31(34,35)36/h1-6,9,12-15,20-21,26-27H,7-8,10-11H2,(H,37,40)(H,38,39)/b22-12-/t20?,21?,26-,27+/m0/s1. The Morgan fingerprint density at radius 3 is 2.51 bits per heavy atom. The van der Waals surface area contributed by atoms with Crippen LogP contribution in [0.4, 0.5) is 23.2 Å².